The van der Waals surface area contributed by atoms with Gasteiger partial charge >= 0.3 is 5.97 Å². The summed E-state index contributed by atoms with van der Waals surface area (Å²) >= 11 is 0. The van der Waals surface area contributed by atoms with E-state index in [-0.39, 0.29) is 11.3 Å². The van der Waals surface area contributed by atoms with Crippen molar-refractivity contribution in [1.29, 1.82) is 0 Å². The number of nitrogens with zero attached hydrogens (tertiary/aromatic N) is 3. The van der Waals surface area contributed by atoms with Crippen LogP contribution in [0.15, 0.2) is 47.1 Å². The first-order valence-corrected chi connectivity index (χ1v) is 5.99. The van der Waals surface area contributed by atoms with Crippen molar-refractivity contribution in [2.45, 2.75) is 0 Å². The van der Waals surface area contributed by atoms with E-state index in [1.54, 1.807) is 24.3 Å². The molecule has 3 rings (SSSR count). The molecule has 0 fully saturated rings. The van der Waals surface area contributed by atoms with E-state index in [2.05, 4.69) is 10.3 Å². The molecule has 0 aliphatic carbocycles. The molecule has 1 N–H and O–H groups in total. The Morgan fingerprint density at radius 3 is 2.57 bits per heavy atom. The van der Waals surface area contributed by atoms with Gasteiger partial charge in [0.2, 0.25) is 0 Å². The monoisotopic (exact) mass is 283 g/mol. The normalized spacial score (nSPS) is 10.5. The van der Waals surface area contributed by atoms with Gasteiger partial charge in [-0.25, -0.2) is 9.48 Å². The van der Waals surface area contributed by atoms with Crippen LogP contribution in [-0.4, -0.2) is 32.4 Å². The fourth-order valence-electron chi connectivity index (χ4n) is 1.94. The maximum atomic E-state index is 11.1. The number of hydrogen-bond donors (Lipinski definition) is 1. The Balaban J connectivity index is 2.13. The van der Waals surface area contributed by atoms with Gasteiger partial charge in [-0.05, 0) is 36.4 Å². The number of carbonyl (C=O) groups is 2. The molecule has 2 aromatic heterocycles. The molecule has 0 spiro atoms. The van der Waals surface area contributed by atoms with Gasteiger partial charge in [0.25, 0.3) is 0 Å². The predicted octanol–water partition coefficient (Wildman–Crippen LogP) is 2.04. The molecule has 0 saturated carbocycles. The van der Waals surface area contributed by atoms with E-state index in [1.807, 2.05) is 0 Å². The summed E-state index contributed by atoms with van der Waals surface area (Å²) in [5.74, 6) is -0.565. The van der Waals surface area contributed by atoms with E-state index in [1.165, 1.54) is 23.1 Å². The van der Waals surface area contributed by atoms with Crippen LogP contribution < -0.4 is 0 Å². The quantitative estimate of drug-likeness (QED) is 0.736. The van der Waals surface area contributed by atoms with Crippen LogP contribution in [0.2, 0.25) is 0 Å². The van der Waals surface area contributed by atoms with Gasteiger partial charge in [-0.1, -0.05) is 5.21 Å². The smallest absolute Gasteiger partial charge is 0.335 e. The summed E-state index contributed by atoms with van der Waals surface area (Å²) in [6, 6.07) is 9.44. The molecular formula is C14H9N3O4. The number of aldehydes is 1. The van der Waals surface area contributed by atoms with Crippen LogP contribution >= 0.6 is 0 Å². The molecule has 0 aliphatic heterocycles. The van der Waals surface area contributed by atoms with E-state index in [4.69, 9.17) is 9.52 Å². The Kier molecular flexibility index (Phi) is 3.07. The van der Waals surface area contributed by atoms with Gasteiger partial charge in [-0.15, -0.1) is 5.10 Å². The first kappa shape index (κ1) is 12.8. The van der Waals surface area contributed by atoms with Crippen LogP contribution in [0, 0.1) is 0 Å². The first-order valence-electron chi connectivity index (χ1n) is 5.99. The number of aromatic nitrogens is 3. The fourth-order valence-corrected chi connectivity index (χ4v) is 1.94. The standard InChI is InChI=1S/C14H9N3O4/c18-8-11-13(12-2-1-7-21-12)17(16-15-11)10-5-3-9(4-6-10)14(19)20/h1-8H,(H,19,20). The minimum Gasteiger partial charge on any atom is -0.478 e. The number of carboxylic acid groups (broad SMARTS) is 1. The second kappa shape index (κ2) is 5.04. The SMILES string of the molecule is O=Cc1nnn(-c2ccc(C(=O)O)cc2)c1-c1ccco1. The van der Waals surface area contributed by atoms with Crippen LogP contribution in [0.25, 0.3) is 17.1 Å². The molecule has 0 aliphatic rings. The van der Waals surface area contributed by atoms with Crippen LogP contribution in [0.4, 0.5) is 0 Å². The van der Waals surface area contributed by atoms with E-state index >= 15 is 0 Å². The third kappa shape index (κ3) is 2.20. The maximum Gasteiger partial charge on any atom is 0.335 e. The van der Waals surface area contributed by atoms with Gasteiger partial charge in [0.1, 0.15) is 5.69 Å². The van der Waals surface area contributed by atoms with Crippen LogP contribution in [0.5, 0.6) is 0 Å². The molecule has 0 amide bonds. The van der Waals surface area contributed by atoms with Crippen molar-refractivity contribution in [3.05, 3.63) is 53.9 Å². The summed E-state index contributed by atoms with van der Waals surface area (Å²) in [6.45, 7) is 0. The minimum atomic E-state index is -1.01. The Bertz CT molecular complexity index is 788. The Hall–Kier alpha value is -3.22. The highest BCUT2D eigenvalue weighted by Gasteiger charge is 2.18. The summed E-state index contributed by atoms with van der Waals surface area (Å²) < 4.78 is 6.72. The van der Waals surface area contributed by atoms with Gasteiger partial charge in [-0.3, -0.25) is 4.79 Å². The van der Waals surface area contributed by atoms with E-state index in [9.17, 15) is 9.59 Å². The summed E-state index contributed by atoms with van der Waals surface area (Å²) in [7, 11) is 0. The highest BCUT2D eigenvalue weighted by atomic mass is 16.4. The zero-order valence-corrected chi connectivity index (χ0v) is 10.6. The van der Waals surface area contributed by atoms with Gasteiger partial charge in [0.05, 0.1) is 17.5 Å². The van der Waals surface area contributed by atoms with Gasteiger partial charge < -0.3 is 9.52 Å². The molecule has 0 unspecified atom stereocenters. The zero-order valence-electron chi connectivity index (χ0n) is 10.6. The zero-order chi connectivity index (χ0) is 14.8. The highest BCUT2D eigenvalue weighted by molar-refractivity contribution is 5.88. The lowest BCUT2D eigenvalue weighted by Crippen LogP contribution is -2.01. The van der Waals surface area contributed by atoms with E-state index < -0.39 is 5.97 Å². The molecule has 7 nitrogen and oxygen atoms in total. The number of carbonyl (C=O) groups excluding carboxylic acids is 1. The van der Waals surface area contributed by atoms with Crippen molar-refractivity contribution < 1.29 is 19.1 Å². The molecule has 0 saturated heterocycles. The fraction of sp³-hybridized carbons (Fsp3) is 0. The molecule has 7 heteroatoms. The molecule has 0 bridgehead atoms. The highest BCUT2D eigenvalue weighted by Crippen LogP contribution is 2.24. The summed E-state index contributed by atoms with van der Waals surface area (Å²) in [6.07, 6.45) is 2.07. The van der Waals surface area contributed by atoms with Crippen molar-refractivity contribution in [3.8, 4) is 17.1 Å². The molecule has 21 heavy (non-hydrogen) atoms. The van der Waals surface area contributed by atoms with Crippen molar-refractivity contribution in [1.82, 2.24) is 15.0 Å². The topological polar surface area (TPSA) is 98.2 Å². The Labute approximate surface area is 118 Å². The average Bonchev–Trinajstić information content (AvgIpc) is 3.15. The number of hydrogen-bond acceptors (Lipinski definition) is 5. The molecule has 0 radical (unpaired) electrons. The Morgan fingerprint density at radius 1 is 1.24 bits per heavy atom. The maximum absolute atomic E-state index is 11.1. The predicted molar refractivity (Wildman–Crippen MR) is 71.4 cm³/mol. The third-order valence-electron chi connectivity index (χ3n) is 2.92. The van der Waals surface area contributed by atoms with Crippen LogP contribution in [0.1, 0.15) is 20.8 Å². The summed E-state index contributed by atoms with van der Waals surface area (Å²) in [4.78, 5) is 21.9. The molecule has 104 valence electrons. The molecule has 2 heterocycles. The first-order chi connectivity index (χ1) is 10.2. The van der Waals surface area contributed by atoms with Gasteiger partial charge in [0.15, 0.2) is 17.7 Å². The number of rotatable bonds is 4. The van der Waals surface area contributed by atoms with Crippen LogP contribution in [0.3, 0.4) is 0 Å². The van der Waals surface area contributed by atoms with Gasteiger partial charge in [0, 0.05) is 0 Å². The lowest BCUT2D eigenvalue weighted by Gasteiger charge is -2.05. The number of benzene rings is 1. The second-order valence-electron chi connectivity index (χ2n) is 4.18. The lowest BCUT2D eigenvalue weighted by atomic mass is 10.2. The molecule has 3 aromatic rings. The van der Waals surface area contributed by atoms with Gasteiger partial charge in [-0.2, -0.15) is 0 Å². The number of aromatic carboxylic acids is 1. The average molecular weight is 283 g/mol. The van der Waals surface area contributed by atoms with Crippen molar-refractivity contribution in [3.63, 3.8) is 0 Å². The van der Waals surface area contributed by atoms with Crippen molar-refractivity contribution >= 4 is 12.3 Å². The largest absolute Gasteiger partial charge is 0.478 e. The number of carboxylic acids is 1. The lowest BCUT2D eigenvalue weighted by molar-refractivity contribution is 0.0696. The number of furan rings is 1. The van der Waals surface area contributed by atoms with Crippen LogP contribution in [-0.2, 0) is 0 Å². The van der Waals surface area contributed by atoms with Crippen molar-refractivity contribution in [2.75, 3.05) is 0 Å². The molecular weight excluding hydrogens is 274 g/mol. The Morgan fingerprint density at radius 2 is 2.00 bits per heavy atom. The minimum absolute atomic E-state index is 0.146. The van der Waals surface area contributed by atoms with E-state index in [0.717, 1.165) is 0 Å². The van der Waals surface area contributed by atoms with Crippen molar-refractivity contribution in [2.24, 2.45) is 0 Å². The molecule has 0 atom stereocenters. The second-order valence-corrected chi connectivity index (χ2v) is 4.18. The third-order valence-corrected chi connectivity index (χ3v) is 2.92. The van der Waals surface area contributed by atoms with E-state index in [0.29, 0.717) is 23.4 Å². The molecule has 1 aromatic carbocycles. The summed E-state index contributed by atoms with van der Waals surface area (Å²) in [5, 5.41) is 16.6. The summed E-state index contributed by atoms with van der Waals surface area (Å²) in [5.41, 5.74) is 1.30.